The molecule has 8 heteroatoms. The first-order valence-corrected chi connectivity index (χ1v) is 9.76. The number of sulfone groups is 1. The van der Waals surface area contributed by atoms with E-state index >= 15 is 0 Å². The van der Waals surface area contributed by atoms with Crippen LogP contribution < -0.4 is 5.73 Å². The molecule has 2 atom stereocenters. The first-order valence-electron chi connectivity index (χ1n) is 5.77. The highest BCUT2D eigenvalue weighted by Crippen LogP contribution is 2.25. The van der Waals surface area contributed by atoms with Crippen molar-refractivity contribution in [2.24, 2.45) is 5.73 Å². The number of carbonyl (C=O) groups excluding carboxylic acids is 1. The van der Waals surface area contributed by atoms with Gasteiger partial charge in [0.1, 0.15) is 11.4 Å². The molecule has 2 N–H and O–H groups in total. The highest BCUT2D eigenvalue weighted by atomic mass is 32.2. The zero-order valence-electron chi connectivity index (χ0n) is 10.5. The first-order chi connectivity index (χ1) is 8.91. The lowest BCUT2D eigenvalue weighted by Crippen LogP contribution is -2.52. The highest BCUT2D eigenvalue weighted by Gasteiger charge is 2.36. The number of hydrogen-bond acceptors (Lipinski definition) is 6. The Kier molecular flexibility index (Phi) is 4.54. The van der Waals surface area contributed by atoms with Gasteiger partial charge in [-0.05, 0) is 11.4 Å². The van der Waals surface area contributed by atoms with Crippen molar-refractivity contribution in [2.75, 3.05) is 24.3 Å². The van der Waals surface area contributed by atoms with E-state index in [4.69, 9.17) is 5.73 Å². The van der Waals surface area contributed by atoms with Gasteiger partial charge >= 0.3 is 0 Å². The highest BCUT2D eigenvalue weighted by molar-refractivity contribution is 8.00. The molecule has 1 aromatic heterocycles. The molecule has 1 saturated heterocycles. The van der Waals surface area contributed by atoms with Crippen LogP contribution in [0.25, 0.3) is 0 Å². The lowest BCUT2D eigenvalue weighted by molar-refractivity contribution is -0.133. The smallest absolute Gasteiger partial charge is 0.246 e. The average molecular weight is 320 g/mol. The molecule has 0 radical (unpaired) electrons. The van der Waals surface area contributed by atoms with Crippen molar-refractivity contribution in [3.63, 3.8) is 0 Å². The number of thiophene rings is 1. The summed E-state index contributed by atoms with van der Waals surface area (Å²) in [6.45, 7) is 0.431. The quantitative estimate of drug-likeness (QED) is 0.886. The van der Waals surface area contributed by atoms with Crippen molar-refractivity contribution in [1.29, 1.82) is 0 Å². The van der Waals surface area contributed by atoms with E-state index in [1.165, 1.54) is 22.5 Å². The van der Waals surface area contributed by atoms with Gasteiger partial charge in [0.15, 0.2) is 9.84 Å². The van der Waals surface area contributed by atoms with E-state index < -0.39 is 21.3 Å². The van der Waals surface area contributed by atoms with Crippen LogP contribution in [0.4, 0.5) is 0 Å². The Labute approximate surface area is 121 Å². The fraction of sp³-hybridized carbons (Fsp3) is 0.545. The molecule has 1 fully saturated rings. The van der Waals surface area contributed by atoms with Crippen LogP contribution in [-0.2, 0) is 14.6 Å². The Morgan fingerprint density at radius 2 is 2.32 bits per heavy atom. The number of rotatable bonds is 3. The molecular formula is C11H16N2O3S3. The second kappa shape index (κ2) is 5.82. The molecule has 0 aromatic carbocycles. The van der Waals surface area contributed by atoms with Crippen LogP contribution in [0.15, 0.2) is 17.5 Å². The molecule has 2 rings (SSSR count). The van der Waals surface area contributed by atoms with Gasteiger partial charge in [-0.15, -0.1) is 11.3 Å². The number of hydrogen-bond donors (Lipinski definition) is 1. The first kappa shape index (κ1) is 14.8. The van der Waals surface area contributed by atoms with Gasteiger partial charge in [0.05, 0.1) is 0 Å². The molecule has 0 spiro atoms. The van der Waals surface area contributed by atoms with Gasteiger partial charge in [-0.1, -0.05) is 6.07 Å². The molecule has 5 nitrogen and oxygen atoms in total. The van der Waals surface area contributed by atoms with E-state index in [0.29, 0.717) is 12.3 Å². The third kappa shape index (κ3) is 3.31. The van der Waals surface area contributed by atoms with Gasteiger partial charge in [0.2, 0.25) is 5.91 Å². The van der Waals surface area contributed by atoms with Crippen molar-refractivity contribution in [2.45, 2.75) is 11.4 Å². The lowest BCUT2D eigenvalue weighted by atomic mass is 10.2. The maximum Gasteiger partial charge on any atom is 0.246 e. The van der Waals surface area contributed by atoms with Crippen LogP contribution in [-0.4, -0.2) is 48.9 Å². The van der Waals surface area contributed by atoms with Gasteiger partial charge in [0, 0.05) is 29.2 Å². The van der Waals surface area contributed by atoms with Gasteiger partial charge in [-0.3, -0.25) is 4.79 Å². The molecule has 1 aromatic rings. The lowest BCUT2D eigenvalue weighted by Gasteiger charge is -2.35. The number of nitrogens with two attached hydrogens (primary N) is 1. The Morgan fingerprint density at radius 3 is 2.89 bits per heavy atom. The minimum Gasteiger partial charge on any atom is -0.322 e. The SMILES string of the molecule is CS(=O)(=O)C1CSCCN1C(=O)C(N)c1cccs1. The standard InChI is InChI=1S/C11H16N2O3S3/c1-19(15,16)9-7-17-6-4-13(9)11(14)10(12)8-3-2-5-18-8/h2-3,5,9-10H,4,6-7,12H2,1H3. The molecule has 1 amide bonds. The largest absolute Gasteiger partial charge is 0.322 e. The van der Waals surface area contributed by atoms with Crippen molar-refractivity contribution < 1.29 is 13.2 Å². The Morgan fingerprint density at radius 1 is 1.58 bits per heavy atom. The fourth-order valence-corrected chi connectivity index (χ4v) is 5.50. The van der Waals surface area contributed by atoms with Crippen LogP contribution in [0.1, 0.15) is 10.9 Å². The predicted octanol–water partition coefficient (Wildman–Crippen LogP) is 0.694. The summed E-state index contributed by atoms with van der Waals surface area (Å²) in [7, 11) is -3.29. The van der Waals surface area contributed by atoms with Crippen LogP contribution in [0, 0.1) is 0 Å². The van der Waals surface area contributed by atoms with Crippen LogP contribution in [0.5, 0.6) is 0 Å². The second-order valence-corrected chi connectivity index (χ2v) is 8.72. The zero-order chi connectivity index (χ0) is 14.0. The van der Waals surface area contributed by atoms with Crippen LogP contribution in [0.2, 0.25) is 0 Å². The summed E-state index contributed by atoms with van der Waals surface area (Å²) in [5.41, 5.74) is 5.94. The third-order valence-electron chi connectivity index (χ3n) is 2.98. The summed E-state index contributed by atoms with van der Waals surface area (Å²) in [5.74, 6) is 0.856. The normalized spacial score (nSPS) is 22.2. The fourth-order valence-electron chi connectivity index (χ4n) is 1.96. The summed E-state index contributed by atoms with van der Waals surface area (Å²) in [6, 6.07) is 2.85. The number of thioether (sulfide) groups is 1. The maximum atomic E-state index is 12.4. The van der Waals surface area contributed by atoms with E-state index in [9.17, 15) is 13.2 Å². The molecule has 1 aliphatic heterocycles. The van der Waals surface area contributed by atoms with Gasteiger partial charge in [-0.2, -0.15) is 11.8 Å². The molecule has 0 saturated carbocycles. The molecule has 106 valence electrons. The number of carbonyl (C=O) groups is 1. The summed E-state index contributed by atoms with van der Waals surface area (Å²) in [6.07, 6.45) is 1.17. The molecule has 2 heterocycles. The molecule has 2 unspecified atom stereocenters. The van der Waals surface area contributed by atoms with Crippen LogP contribution >= 0.6 is 23.1 Å². The minimum absolute atomic E-state index is 0.307. The van der Waals surface area contributed by atoms with E-state index in [-0.39, 0.29) is 5.91 Å². The average Bonchev–Trinajstić information content (AvgIpc) is 2.90. The van der Waals surface area contributed by atoms with E-state index in [1.807, 2.05) is 11.4 Å². The van der Waals surface area contributed by atoms with Gasteiger partial charge < -0.3 is 10.6 Å². The summed E-state index contributed by atoms with van der Waals surface area (Å²) in [4.78, 5) is 14.6. The minimum atomic E-state index is -3.29. The summed E-state index contributed by atoms with van der Waals surface area (Å²) >= 11 is 2.95. The van der Waals surface area contributed by atoms with Crippen molar-refractivity contribution in [3.8, 4) is 0 Å². The van der Waals surface area contributed by atoms with Crippen molar-refractivity contribution in [1.82, 2.24) is 4.90 Å². The second-order valence-electron chi connectivity index (χ2n) is 4.38. The van der Waals surface area contributed by atoms with Gasteiger partial charge in [0.25, 0.3) is 0 Å². The summed E-state index contributed by atoms with van der Waals surface area (Å²) < 4.78 is 23.5. The van der Waals surface area contributed by atoms with Crippen molar-refractivity contribution in [3.05, 3.63) is 22.4 Å². The third-order valence-corrected chi connectivity index (χ3v) is 6.58. The van der Waals surface area contributed by atoms with E-state index in [0.717, 1.165) is 10.6 Å². The van der Waals surface area contributed by atoms with E-state index in [1.54, 1.807) is 17.8 Å². The maximum absolute atomic E-state index is 12.4. The number of nitrogens with zero attached hydrogens (tertiary/aromatic N) is 1. The molecule has 1 aliphatic rings. The Hall–Kier alpha value is -0.570. The Bertz CT molecular complexity index is 542. The molecule has 0 aliphatic carbocycles. The molecular weight excluding hydrogens is 304 g/mol. The molecule has 0 bridgehead atoms. The van der Waals surface area contributed by atoms with E-state index in [2.05, 4.69) is 0 Å². The Balaban J connectivity index is 2.21. The zero-order valence-corrected chi connectivity index (χ0v) is 12.9. The monoisotopic (exact) mass is 320 g/mol. The topological polar surface area (TPSA) is 80.5 Å². The van der Waals surface area contributed by atoms with Gasteiger partial charge in [-0.25, -0.2) is 8.42 Å². The molecule has 19 heavy (non-hydrogen) atoms. The number of amides is 1. The predicted molar refractivity (Wildman–Crippen MR) is 78.9 cm³/mol. The van der Waals surface area contributed by atoms with Crippen LogP contribution in [0.3, 0.4) is 0 Å². The van der Waals surface area contributed by atoms with Crippen molar-refractivity contribution >= 4 is 38.8 Å². The summed E-state index contributed by atoms with van der Waals surface area (Å²) in [5, 5.41) is 1.09.